The quantitative estimate of drug-likeness (QED) is 0.686. The largest absolute Gasteiger partial charge is 0.368 e. The first-order chi connectivity index (χ1) is 11.0. The van der Waals surface area contributed by atoms with Gasteiger partial charge in [0.15, 0.2) is 5.65 Å². The van der Waals surface area contributed by atoms with E-state index in [0.717, 1.165) is 5.56 Å². The molecule has 1 atom stereocenters. The van der Waals surface area contributed by atoms with Gasteiger partial charge in [0.25, 0.3) is 0 Å². The fourth-order valence-electron chi connectivity index (χ4n) is 2.11. The maximum atomic E-state index is 12.4. The third-order valence-electron chi connectivity index (χ3n) is 3.08. The molecule has 0 aliphatic rings. The molecule has 0 radical (unpaired) electrons. The van der Waals surface area contributed by atoms with Crippen LogP contribution in [0.4, 0.5) is 5.95 Å². The number of nitrogen functional groups attached to an aromatic ring is 1. The second-order valence-corrected chi connectivity index (χ2v) is 6.89. The average Bonchev–Trinajstić information content (AvgIpc) is 2.91. The van der Waals surface area contributed by atoms with E-state index in [0.29, 0.717) is 25.3 Å². The van der Waals surface area contributed by atoms with Gasteiger partial charge in [0.05, 0.1) is 25.5 Å². The van der Waals surface area contributed by atoms with Crippen molar-refractivity contribution in [2.24, 2.45) is 0 Å². The number of fused-ring (bicyclic) bond motifs is 1. The SMILES string of the molecule is CCOP(=O)(COC(C)Cc1cnn2c(N)ncnc12)OCC. The van der Waals surface area contributed by atoms with Crippen LogP contribution in [0.15, 0.2) is 12.5 Å². The number of ether oxygens (including phenoxy) is 1. The lowest BCUT2D eigenvalue weighted by atomic mass is 10.2. The van der Waals surface area contributed by atoms with Gasteiger partial charge in [-0.25, -0.2) is 9.97 Å². The molecule has 2 heterocycles. The summed E-state index contributed by atoms with van der Waals surface area (Å²) < 4.78 is 29.9. The first-order valence-electron chi connectivity index (χ1n) is 7.42. The summed E-state index contributed by atoms with van der Waals surface area (Å²) in [5, 5.41) is 4.15. The molecule has 2 N–H and O–H groups in total. The van der Waals surface area contributed by atoms with Gasteiger partial charge in [-0.3, -0.25) is 4.57 Å². The molecule has 10 heteroatoms. The van der Waals surface area contributed by atoms with E-state index in [1.165, 1.54) is 10.8 Å². The Morgan fingerprint density at radius 1 is 1.30 bits per heavy atom. The van der Waals surface area contributed by atoms with E-state index in [1.807, 2.05) is 6.92 Å². The summed E-state index contributed by atoms with van der Waals surface area (Å²) in [5.74, 6) is 0.270. The fourth-order valence-corrected chi connectivity index (χ4v) is 3.56. The Balaban J connectivity index is 2.00. The smallest absolute Gasteiger partial charge is 0.356 e. The van der Waals surface area contributed by atoms with Crippen molar-refractivity contribution in [3.63, 3.8) is 0 Å². The minimum atomic E-state index is -3.21. The van der Waals surface area contributed by atoms with Crippen LogP contribution >= 0.6 is 7.60 Å². The van der Waals surface area contributed by atoms with E-state index in [2.05, 4.69) is 15.1 Å². The normalized spacial score (nSPS) is 13.5. The molecule has 128 valence electrons. The zero-order chi connectivity index (χ0) is 16.9. The zero-order valence-electron chi connectivity index (χ0n) is 13.5. The van der Waals surface area contributed by atoms with E-state index >= 15 is 0 Å². The van der Waals surface area contributed by atoms with Crippen molar-refractivity contribution in [1.29, 1.82) is 0 Å². The molecule has 9 nitrogen and oxygen atoms in total. The molecule has 2 aromatic rings. The maximum Gasteiger partial charge on any atom is 0.356 e. The predicted octanol–water partition coefficient (Wildman–Crippen LogP) is 1.88. The highest BCUT2D eigenvalue weighted by Crippen LogP contribution is 2.48. The van der Waals surface area contributed by atoms with Crippen molar-refractivity contribution in [3.8, 4) is 0 Å². The lowest BCUT2D eigenvalue weighted by molar-refractivity contribution is 0.0780. The second kappa shape index (κ2) is 7.83. The molecule has 2 rings (SSSR count). The summed E-state index contributed by atoms with van der Waals surface area (Å²) in [6.45, 7) is 6.01. The maximum absolute atomic E-state index is 12.4. The van der Waals surface area contributed by atoms with Crippen LogP contribution in [0.1, 0.15) is 26.3 Å². The number of anilines is 1. The van der Waals surface area contributed by atoms with Gasteiger partial charge in [0, 0.05) is 12.0 Å². The summed E-state index contributed by atoms with van der Waals surface area (Å²) in [6.07, 6.45) is 3.29. The third kappa shape index (κ3) is 4.48. The van der Waals surface area contributed by atoms with Crippen LogP contribution in [-0.4, -0.2) is 45.2 Å². The van der Waals surface area contributed by atoms with E-state index in [-0.39, 0.29) is 18.4 Å². The van der Waals surface area contributed by atoms with E-state index in [1.54, 1.807) is 20.0 Å². The first-order valence-corrected chi connectivity index (χ1v) is 9.14. The Morgan fingerprint density at radius 3 is 2.65 bits per heavy atom. The minimum absolute atomic E-state index is 0.0911. The average molecular weight is 343 g/mol. The number of nitrogens with two attached hydrogens (primary N) is 1. The molecule has 1 unspecified atom stereocenters. The number of nitrogens with zero attached hydrogens (tertiary/aromatic N) is 4. The van der Waals surface area contributed by atoms with Crippen molar-refractivity contribution in [3.05, 3.63) is 18.1 Å². The highest BCUT2D eigenvalue weighted by Gasteiger charge is 2.25. The van der Waals surface area contributed by atoms with E-state index in [4.69, 9.17) is 19.5 Å². The molecule has 2 aromatic heterocycles. The Morgan fingerprint density at radius 2 is 2.00 bits per heavy atom. The van der Waals surface area contributed by atoms with Crippen LogP contribution in [0.3, 0.4) is 0 Å². The zero-order valence-corrected chi connectivity index (χ0v) is 14.4. The van der Waals surface area contributed by atoms with E-state index < -0.39 is 7.60 Å². The molecule has 0 spiro atoms. The van der Waals surface area contributed by atoms with Crippen LogP contribution in [0.2, 0.25) is 0 Å². The molecule has 0 saturated carbocycles. The highest BCUT2D eigenvalue weighted by molar-refractivity contribution is 7.53. The van der Waals surface area contributed by atoms with Crippen LogP contribution in [0, 0.1) is 0 Å². The standard InChI is InChI=1S/C13H22N5O4P/c1-4-21-23(19,22-5-2)9-20-10(3)6-11-7-17-18-12(11)15-8-16-13(18)14/h7-8,10H,4-6,9H2,1-3H3,(H2,14,15,16). The Hall–Kier alpha value is -1.54. The van der Waals surface area contributed by atoms with Crippen molar-refractivity contribution in [1.82, 2.24) is 19.6 Å². The molecule has 0 aromatic carbocycles. The first kappa shape index (κ1) is 17.8. The van der Waals surface area contributed by atoms with Gasteiger partial charge >= 0.3 is 7.60 Å². The van der Waals surface area contributed by atoms with Crippen LogP contribution in [0.5, 0.6) is 0 Å². The topological polar surface area (TPSA) is 114 Å². The molecule has 0 aliphatic heterocycles. The highest BCUT2D eigenvalue weighted by atomic mass is 31.2. The number of rotatable bonds is 9. The number of aromatic nitrogens is 4. The van der Waals surface area contributed by atoms with Gasteiger partial charge in [-0.05, 0) is 20.8 Å². The summed E-state index contributed by atoms with van der Waals surface area (Å²) in [5.41, 5.74) is 7.23. The van der Waals surface area contributed by atoms with Crippen LogP contribution in [-0.2, 0) is 24.8 Å². The number of hydrogen-bond donors (Lipinski definition) is 1. The second-order valence-electron chi connectivity index (χ2n) is 4.89. The monoisotopic (exact) mass is 343 g/mol. The van der Waals surface area contributed by atoms with Gasteiger partial charge < -0.3 is 19.5 Å². The van der Waals surface area contributed by atoms with Crippen molar-refractivity contribution < 1.29 is 18.3 Å². The summed E-state index contributed by atoms with van der Waals surface area (Å²) in [6, 6.07) is 0. The molecule has 0 bridgehead atoms. The van der Waals surface area contributed by atoms with Crippen molar-refractivity contribution in [2.75, 3.05) is 25.3 Å². The Labute approximate surface area is 134 Å². The van der Waals surface area contributed by atoms with Crippen LogP contribution < -0.4 is 5.73 Å². The molecule has 0 aliphatic carbocycles. The summed E-state index contributed by atoms with van der Waals surface area (Å²) in [4.78, 5) is 8.05. The van der Waals surface area contributed by atoms with Gasteiger partial charge in [-0.2, -0.15) is 9.61 Å². The predicted molar refractivity (Wildman–Crippen MR) is 85.2 cm³/mol. The van der Waals surface area contributed by atoms with Gasteiger partial charge in [-0.15, -0.1) is 0 Å². The molecular weight excluding hydrogens is 321 g/mol. The molecule has 0 saturated heterocycles. The fraction of sp³-hybridized carbons (Fsp3) is 0.615. The molecule has 0 fully saturated rings. The molecule has 23 heavy (non-hydrogen) atoms. The lowest BCUT2D eigenvalue weighted by Crippen LogP contribution is -2.14. The van der Waals surface area contributed by atoms with E-state index in [9.17, 15) is 4.57 Å². The third-order valence-corrected chi connectivity index (χ3v) is 4.85. The van der Waals surface area contributed by atoms with Crippen LogP contribution in [0.25, 0.3) is 5.65 Å². The molecule has 0 amide bonds. The number of hydrogen-bond acceptors (Lipinski definition) is 8. The Kier molecular flexibility index (Phi) is 6.06. The molecular formula is C13H22N5O4P. The van der Waals surface area contributed by atoms with Gasteiger partial charge in [-0.1, -0.05) is 0 Å². The lowest BCUT2D eigenvalue weighted by Gasteiger charge is -2.19. The van der Waals surface area contributed by atoms with Gasteiger partial charge in [0.2, 0.25) is 5.95 Å². The van der Waals surface area contributed by atoms with Crippen molar-refractivity contribution in [2.45, 2.75) is 33.3 Å². The van der Waals surface area contributed by atoms with Gasteiger partial charge in [0.1, 0.15) is 12.7 Å². The summed E-state index contributed by atoms with van der Waals surface area (Å²) >= 11 is 0. The minimum Gasteiger partial charge on any atom is -0.368 e. The van der Waals surface area contributed by atoms with Crippen molar-refractivity contribution >= 4 is 19.2 Å². The summed E-state index contributed by atoms with van der Waals surface area (Å²) in [7, 11) is -3.21. The Bertz CT molecular complexity index is 682.